The Morgan fingerprint density at radius 3 is 2.95 bits per heavy atom. The number of fused-ring (bicyclic) bond motifs is 1. The van der Waals surface area contributed by atoms with Gasteiger partial charge in [0, 0.05) is 11.5 Å². The van der Waals surface area contributed by atoms with Gasteiger partial charge < -0.3 is 14.8 Å². The number of ketones is 1. The van der Waals surface area contributed by atoms with Crippen LogP contribution in [0.4, 0.5) is 5.69 Å². The maximum absolute atomic E-state index is 12.5. The number of rotatable bonds is 2. The van der Waals surface area contributed by atoms with Gasteiger partial charge in [-0.2, -0.15) is 0 Å². The number of carbonyl (C=O) groups excluding carboxylic acids is 2. The molecule has 2 unspecified atom stereocenters. The van der Waals surface area contributed by atoms with Crippen molar-refractivity contribution in [1.82, 2.24) is 0 Å². The Labute approximate surface area is 121 Å². The van der Waals surface area contributed by atoms with Crippen LogP contribution in [0.5, 0.6) is 5.75 Å². The van der Waals surface area contributed by atoms with Crippen LogP contribution in [-0.4, -0.2) is 31.0 Å². The molecule has 1 saturated heterocycles. The molecule has 106 valence electrons. The van der Waals surface area contributed by atoms with E-state index in [0.717, 1.165) is 0 Å². The van der Waals surface area contributed by atoms with Crippen molar-refractivity contribution in [2.45, 2.75) is 19.4 Å². The number of nitrogens with one attached hydrogen (secondary N) is 1. The summed E-state index contributed by atoms with van der Waals surface area (Å²) in [7, 11) is 0. The lowest BCUT2D eigenvalue weighted by atomic mass is 9.95. The van der Waals surface area contributed by atoms with Gasteiger partial charge in [-0.3, -0.25) is 9.59 Å². The molecule has 1 aromatic rings. The lowest BCUT2D eigenvalue weighted by Gasteiger charge is -2.19. The minimum absolute atomic E-state index is 0.0392. The van der Waals surface area contributed by atoms with Crippen molar-refractivity contribution in [3.05, 3.63) is 22.7 Å². The van der Waals surface area contributed by atoms with Crippen molar-refractivity contribution in [1.29, 1.82) is 0 Å². The van der Waals surface area contributed by atoms with Gasteiger partial charge in [0.1, 0.15) is 5.75 Å². The Morgan fingerprint density at radius 1 is 1.45 bits per heavy atom. The normalized spacial score (nSPS) is 24.8. The van der Waals surface area contributed by atoms with Gasteiger partial charge in [-0.05, 0) is 25.5 Å². The molecule has 2 heterocycles. The lowest BCUT2D eigenvalue weighted by Crippen LogP contribution is -2.26. The molecular formula is C14H14ClNO4. The maximum Gasteiger partial charge on any atom is 0.262 e. The average Bonchev–Trinajstić information content (AvgIpc) is 2.84. The molecule has 1 amide bonds. The predicted molar refractivity (Wildman–Crippen MR) is 73.4 cm³/mol. The summed E-state index contributed by atoms with van der Waals surface area (Å²) >= 11 is 6.15. The van der Waals surface area contributed by atoms with E-state index in [9.17, 15) is 9.59 Å². The van der Waals surface area contributed by atoms with Gasteiger partial charge in [0.05, 0.1) is 23.4 Å². The molecule has 2 aliphatic heterocycles. The number of Topliss-reactive ketones (excluding diaryl/α,β-unsaturated/α-hetero) is 1. The first-order valence-corrected chi connectivity index (χ1v) is 6.84. The van der Waals surface area contributed by atoms with E-state index in [2.05, 4.69) is 5.32 Å². The van der Waals surface area contributed by atoms with Crippen LogP contribution >= 0.6 is 11.6 Å². The van der Waals surface area contributed by atoms with Gasteiger partial charge in [-0.1, -0.05) is 11.6 Å². The summed E-state index contributed by atoms with van der Waals surface area (Å²) < 4.78 is 10.7. The second-order valence-corrected chi connectivity index (χ2v) is 5.51. The molecular weight excluding hydrogens is 282 g/mol. The molecule has 3 rings (SSSR count). The number of benzene rings is 1. The SMILES string of the molecule is CC1CC(C(=O)c2cc3c(cc2Cl)NC(=O)CO3)CO1. The molecule has 0 radical (unpaired) electrons. The number of amides is 1. The smallest absolute Gasteiger partial charge is 0.262 e. The molecule has 1 fully saturated rings. The average molecular weight is 296 g/mol. The fraction of sp³-hybridized carbons (Fsp3) is 0.429. The minimum atomic E-state index is -0.231. The van der Waals surface area contributed by atoms with Gasteiger partial charge in [-0.25, -0.2) is 0 Å². The van der Waals surface area contributed by atoms with E-state index >= 15 is 0 Å². The van der Waals surface area contributed by atoms with E-state index in [4.69, 9.17) is 21.1 Å². The highest BCUT2D eigenvalue weighted by atomic mass is 35.5. The van der Waals surface area contributed by atoms with Gasteiger partial charge in [0.25, 0.3) is 5.91 Å². The number of halogens is 1. The largest absolute Gasteiger partial charge is 0.482 e. The van der Waals surface area contributed by atoms with Gasteiger partial charge in [0.2, 0.25) is 0 Å². The summed E-state index contributed by atoms with van der Waals surface area (Å²) in [5.41, 5.74) is 0.920. The molecule has 2 atom stereocenters. The third-order valence-electron chi connectivity index (χ3n) is 3.54. The van der Waals surface area contributed by atoms with Gasteiger partial charge in [-0.15, -0.1) is 0 Å². The van der Waals surface area contributed by atoms with Crippen molar-refractivity contribution < 1.29 is 19.1 Å². The lowest BCUT2D eigenvalue weighted by molar-refractivity contribution is -0.118. The highest BCUT2D eigenvalue weighted by Gasteiger charge is 2.31. The predicted octanol–water partition coefficient (Wildman–Crippen LogP) is 2.28. The van der Waals surface area contributed by atoms with E-state index in [1.54, 1.807) is 12.1 Å². The number of hydrogen-bond donors (Lipinski definition) is 1. The van der Waals surface area contributed by atoms with Crippen LogP contribution in [0, 0.1) is 5.92 Å². The Hall–Kier alpha value is -1.59. The molecule has 0 saturated carbocycles. The van der Waals surface area contributed by atoms with Crippen LogP contribution in [0.1, 0.15) is 23.7 Å². The zero-order chi connectivity index (χ0) is 14.3. The summed E-state index contributed by atoms with van der Waals surface area (Å²) in [6.45, 7) is 2.32. The highest BCUT2D eigenvalue weighted by molar-refractivity contribution is 6.34. The zero-order valence-electron chi connectivity index (χ0n) is 10.9. The topological polar surface area (TPSA) is 64.6 Å². The monoisotopic (exact) mass is 295 g/mol. The Kier molecular flexibility index (Phi) is 3.40. The summed E-state index contributed by atoms with van der Waals surface area (Å²) in [6, 6.07) is 3.16. The van der Waals surface area contributed by atoms with Crippen molar-refractivity contribution in [2.24, 2.45) is 5.92 Å². The van der Waals surface area contributed by atoms with Crippen LogP contribution in [0.25, 0.3) is 0 Å². The molecule has 20 heavy (non-hydrogen) atoms. The molecule has 0 bridgehead atoms. The molecule has 1 N–H and O–H groups in total. The zero-order valence-corrected chi connectivity index (χ0v) is 11.7. The van der Waals surface area contributed by atoms with Crippen LogP contribution in [0.15, 0.2) is 12.1 Å². The molecule has 0 aromatic heterocycles. The van der Waals surface area contributed by atoms with E-state index in [1.807, 2.05) is 6.92 Å². The number of ether oxygens (including phenoxy) is 2. The van der Waals surface area contributed by atoms with Gasteiger partial charge in [0.15, 0.2) is 12.4 Å². The second-order valence-electron chi connectivity index (χ2n) is 5.11. The van der Waals surface area contributed by atoms with Crippen molar-refractivity contribution >= 4 is 29.0 Å². The van der Waals surface area contributed by atoms with Crippen LogP contribution in [0.3, 0.4) is 0 Å². The summed E-state index contributed by atoms with van der Waals surface area (Å²) in [5, 5.41) is 2.98. The minimum Gasteiger partial charge on any atom is -0.482 e. The number of hydrogen-bond acceptors (Lipinski definition) is 4. The highest BCUT2D eigenvalue weighted by Crippen LogP contribution is 2.35. The number of carbonyl (C=O) groups is 2. The summed E-state index contributed by atoms with van der Waals surface area (Å²) in [5.74, 6) is 0.0383. The molecule has 0 spiro atoms. The van der Waals surface area contributed by atoms with Crippen LogP contribution in [-0.2, 0) is 9.53 Å². The Balaban J connectivity index is 1.90. The molecule has 6 heteroatoms. The Bertz CT molecular complexity index is 587. The molecule has 5 nitrogen and oxygen atoms in total. The quantitative estimate of drug-likeness (QED) is 0.850. The third-order valence-corrected chi connectivity index (χ3v) is 3.85. The fourth-order valence-corrected chi connectivity index (χ4v) is 2.77. The first-order chi connectivity index (χ1) is 9.54. The Morgan fingerprint density at radius 2 is 2.25 bits per heavy atom. The standard InChI is InChI=1S/C14H14ClNO4/c1-7-2-8(5-19-7)14(18)9-3-12-11(4-10(9)15)16-13(17)6-20-12/h3-4,7-8H,2,5-6H2,1H3,(H,16,17). The van der Waals surface area contributed by atoms with E-state index in [1.165, 1.54) is 0 Å². The van der Waals surface area contributed by atoms with E-state index in [-0.39, 0.29) is 30.3 Å². The first kappa shape index (κ1) is 13.4. The first-order valence-electron chi connectivity index (χ1n) is 6.46. The van der Waals surface area contributed by atoms with E-state index < -0.39 is 0 Å². The number of anilines is 1. The van der Waals surface area contributed by atoms with Crippen molar-refractivity contribution in [3.8, 4) is 5.75 Å². The summed E-state index contributed by atoms with van der Waals surface area (Å²) in [4.78, 5) is 23.7. The fourth-order valence-electron chi connectivity index (χ4n) is 2.51. The third kappa shape index (κ3) is 2.39. The van der Waals surface area contributed by atoms with Crippen molar-refractivity contribution in [3.63, 3.8) is 0 Å². The van der Waals surface area contributed by atoms with Gasteiger partial charge >= 0.3 is 0 Å². The van der Waals surface area contributed by atoms with E-state index in [0.29, 0.717) is 35.1 Å². The molecule has 2 aliphatic rings. The summed E-state index contributed by atoms with van der Waals surface area (Å²) in [6.07, 6.45) is 0.792. The maximum atomic E-state index is 12.5. The van der Waals surface area contributed by atoms with Crippen LogP contribution < -0.4 is 10.1 Å². The molecule has 0 aliphatic carbocycles. The second kappa shape index (κ2) is 5.07. The molecule has 1 aromatic carbocycles. The van der Waals surface area contributed by atoms with Crippen molar-refractivity contribution in [2.75, 3.05) is 18.5 Å². The van der Waals surface area contributed by atoms with Crippen LogP contribution in [0.2, 0.25) is 5.02 Å².